The van der Waals surface area contributed by atoms with Crippen molar-refractivity contribution in [2.24, 2.45) is 5.73 Å². The van der Waals surface area contributed by atoms with Gasteiger partial charge in [0, 0.05) is 0 Å². The van der Waals surface area contributed by atoms with Crippen molar-refractivity contribution in [1.29, 1.82) is 0 Å². The van der Waals surface area contributed by atoms with E-state index in [0.29, 0.717) is 6.61 Å². The number of aliphatic hydroxyl groups is 1. The Morgan fingerprint density at radius 1 is 1.20 bits per heavy atom. The van der Waals surface area contributed by atoms with Gasteiger partial charge in [0.15, 0.2) is 8.32 Å². The van der Waals surface area contributed by atoms with E-state index in [1.165, 1.54) is 0 Å². The van der Waals surface area contributed by atoms with E-state index in [-0.39, 0.29) is 11.1 Å². The van der Waals surface area contributed by atoms with Crippen molar-refractivity contribution in [3.63, 3.8) is 0 Å². The van der Waals surface area contributed by atoms with Crippen molar-refractivity contribution in [3.8, 4) is 0 Å². The second-order valence-electron chi connectivity index (χ2n) is 6.33. The van der Waals surface area contributed by atoms with Crippen molar-refractivity contribution < 1.29 is 9.53 Å². The van der Waals surface area contributed by atoms with E-state index >= 15 is 0 Å². The molecule has 0 aliphatic rings. The van der Waals surface area contributed by atoms with Gasteiger partial charge in [-0.1, -0.05) is 20.8 Å². The molecular formula is C11H27NO2Si. The Balaban J connectivity index is 4.29. The fraction of sp³-hybridized carbons (Fsp3) is 1.00. The summed E-state index contributed by atoms with van der Waals surface area (Å²) in [7, 11) is -1.74. The number of hydrogen-bond donors (Lipinski definition) is 2. The molecule has 0 fully saturated rings. The van der Waals surface area contributed by atoms with Crippen LogP contribution in [0.25, 0.3) is 0 Å². The van der Waals surface area contributed by atoms with Crippen molar-refractivity contribution in [1.82, 2.24) is 0 Å². The zero-order valence-electron chi connectivity index (χ0n) is 11.2. The Labute approximate surface area is 95.1 Å². The van der Waals surface area contributed by atoms with E-state index in [0.717, 1.165) is 0 Å². The first kappa shape index (κ1) is 15.1. The van der Waals surface area contributed by atoms with Crippen LogP contribution in [-0.4, -0.2) is 31.7 Å². The van der Waals surface area contributed by atoms with Gasteiger partial charge in [0.1, 0.15) is 0 Å². The molecule has 0 heterocycles. The minimum Gasteiger partial charge on any atom is -0.415 e. The highest BCUT2D eigenvalue weighted by atomic mass is 28.4. The van der Waals surface area contributed by atoms with Gasteiger partial charge in [-0.05, 0) is 32.0 Å². The van der Waals surface area contributed by atoms with Crippen LogP contribution in [0.15, 0.2) is 0 Å². The van der Waals surface area contributed by atoms with Gasteiger partial charge in [-0.2, -0.15) is 0 Å². The summed E-state index contributed by atoms with van der Waals surface area (Å²) in [6.07, 6.45) is 0. The van der Waals surface area contributed by atoms with Crippen LogP contribution in [0.4, 0.5) is 0 Å². The monoisotopic (exact) mass is 233 g/mol. The van der Waals surface area contributed by atoms with Crippen LogP contribution in [-0.2, 0) is 4.43 Å². The first-order valence-corrected chi connectivity index (χ1v) is 8.40. The van der Waals surface area contributed by atoms with Gasteiger partial charge in [-0.15, -0.1) is 0 Å². The first-order valence-electron chi connectivity index (χ1n) is 5.50. The predicted molar refractivity (Wildman–Crippen MR) is 67.4 cm³/mol. The minimum atomic E-state index is -1.74. The Morgan fingerprint density at radius 3 is 1.87 bits per heavy atom. The van der Waals surface area contributed by atoms with Crippen molar-refractivity contribution in [3.05, 3.63) is 0 Å². The van der Waals surface area contributed by atoms with E-state index in [1.807, 2.05) is 0 Å². The van der Waals surface area contributed by atoms with Crippen LogP contribution >= 0.6 is 0 Å². The molecule has 0 amide bonds. The molecule has 0 aromatic rings. The Bertz CT molecular complexity index is 204. The summed E-state index contributed by atoms with van der Waals surface area (Å²) in [6.45, 7) is 14.8. The van der Waals surface area contributed by atoms with Gasteiger partial charge in [0.05, 0.1) is 18.2 Å². The lowest BCUT2D eigenvalue weighted by molar-refractivity contribution is 0.0321. The molecule has 0 bridgehead atoms. The molecule has 0 aromatic carbocycles. The van der Waals surface area contributed by atoms with Crippen molar-refractivity contribution >= 4 is 8.32 Å². The maximum Gasteiger partial charge on any atom is 0.192 e. The molecule has 3 nitrogen and oxygen atoms in total. The molecule has 0 rings (SSSR count). The van der Waals surface area contributed by atoms with Gasteiger partial charge in [-0.25, -0.2) is 0 Å². The highest BCUT2D eigenvalue weighted by molar-refractivity contribution is 6.74. The third kappa shape index (κ3) is 4.63. The Hall–Kier alpha value is 0.0969. The van der Waals surface area contributed by atoms with Gasteiger partial charge < -0.3 is 15.3 Å². The highest BCUT2D eigenvalue weighted by Gasteiger charge is 2.38. The zero-order chi connectivity index (χ0) is 12.5. The molecule has 4 heteroatoms. The molecule has 0 aliphatic carbocycles. The van der Waals surface area contributed by atoms with Crippen LogP contribution < -0.4 is 5.73 Å². The summed E-state index contributed by atoms with van der Waals surface area (Å²) in [5.41, 5.74) is 4.98. The average Bonchev–Trinajstić information content (AvgIpc) is 1.96. The molecule has 1 atom stereocenters. The minimum absolute atomic E-state index is 0.187. The maximum absolute atomic E-state index is 9.70. The normalized spacial score (nSPS) is 16.6. The standard InChI is InChI=1S/C11H27NO2Si/c1-10(2,3)15(6,7)14-8-9(12)11(4,5)13/h9,13H,8,12H2,1-7H3/t9-/m0/s1. The van der Waals surface area contributed by atoms with E-state index in [1.54, 1.807) is 13.8 Å². The molecule has 0 saturated carbocycles. The molecule has 0 radical (unpaired) electrons. The maximum atomic E-state index is 9.70. The molecular weight excluding hydrogens is 206 g/mol. The van der Waals surface area contributed by atoms with Crippen LogP contribution in [0, 0.1) is 0 Å². The third-order valence-electron chi connectivity index (χ3n) is 3.34. The molecule has 0 aliphatic heterocycles. The number of rotatable bonds is 4. The van der Waals surface area contributed by atoms with Gasteiger partial charge in [0.25, 0.3) is 0 Å². The summed E-state index contributed by atoms with van der Waals surface area (Å²) in [5, 5.41) is 9.88. The average molecular weight is 233 g/mol. The van der Waals surface area contributed by atoms with Crippen molar-refractivity contribution in [2.45, 2.75) is 64.4 Å². The molecule has 0 unspecified atom stereocenters. The zero-order valence-corrected chi connectivity index (χ0v) is 12.2. The summed E-state index contributed by atoms with van der Waals surface area (Å²) in [4.78, 5) is 0. The van der Waals surface area contributed by atoms with Gasteiger partial charge >= 0.3 is 0 Å². The Morgan fingerprint density at radius 2 is 1.60 bits per heavy atom. The summed E-state index contributed by atoms with van der Waals surface area (Å²) in [5.74, 6) is 0. The fourth-order valence-electron chi connectivity index (χ4n) is 0.719. The lowest BCUT2D eigenvalue weighted by Gasteiger charge is -2.38. The molecule has 3 N–H and O–H groups in total. The smallest absolute Gasteiger partial charge is 0.192 e. The largest absolute Gasteiger partial charge is 0.415 e. The van der Waals surface area contributed by atoms with Crippen LogP contribution in [0.3, 0.4) is 0 Å². The molecule has 0 spiro atoms. The lowest BCUT2D eigenvalue weighted by Crippen LogP contribution is -2.50. The van der Waals surface area contributed by atoms with Gasteiger partial charge in [-0.3, -0.25) is 0 Å². The van der Waals surface area contributed by atoms with Crippen molar-refractivity contribution in [2.75, 3.05) is 6.61 Å². The predicted octanol–water partition coefficient (Wildman–Crippen LogP) is 2.11. The van der Waals surface area contributed by atoms with E-state index in [2.05, 4.69) is 33.9 Å². The van der Waals surface area contributed by atoms with Crippen LogP contribution in [0.2, 0.25) is 18.1 Å². The van der Waals surface area contributed by atoms with Gasteiger partial charge in [0.2, 0.25) is 0 Å². The second-order valence-corrected chi connectivity index (χ2v) is 11.1. The molecule has 92 valence electrons. The molecule has 15 heavy (non-hydrogen) atoms. The van der Waals surface area contributed by atoms with E-state index in [9.17, 15) is 5.11 Å². The van der Waals surface area contributed by atoms with Crippen LogP contribution in [0.5, 0.6) is 0 Å². The fourth-order valence-corrected chi connectivity index (χ4v) is 1.75. The first-order chi connectivity index (χ1) is 6.38. The SMILES string of the molecule is CC(C)(O)[C@@H](N)CO[Si](C)(C)C(C)(C)C. The summed E-state index contributed by atoms with van der Waals surface area (Å²) >= 11 is 0. The topological polar surface area (TPSA) is 55.5 Å². The molecule has 0 aromatic heterocycles. The van der Waals surface area contributed by atoms with E-state index in [4.69, 9.17) is 10.2 Å². The Kier molecular flexibility index (Phi) is 4.56. The van der Waals surface area contributed by atoms with E-state index < -0.39 is 13.9 Å². The second kappa shape index (κ2) is 4.53. The highest BCUT2D eigenvalue weighted by Crippen LogP contribution is 2.36. The lowest BCUT2D eigenvalue weighted by atomic mass is 10.0. The number of nitrogens with two attached hydrogens (primary N) is 1. The third-order valence-corrected chi connectivity index (χ3v) is 7.84. The van der Waals surface area contributed by atoms with Crippen LogP contribution in [0.1, 0.15) is 34.6 Å². The summed E-state index contributed by atoms with van der Waals surface area (Å²) in [6, 6.07) is -0.327. The summed E-state index contributed by atoms with van der Waals surface area (Å²) < 4.78 is 5.94. The quantitative estimate of drug-likeness (QED) is 0.731. The number of hydrogen-bond acceptors (Lipinski definition) is 3. The molecule has 0 saturated heterocycles.